The van der Waals surface area contributed by atoms with Crippen molar-refractivity contribution in [1.29, 1.82) is 0 Å². The van der Waals surface area contributed by atoms with Gasteiger partial charge in [0.25, 0.3) is 5.91 Å². The van der Waals surface area contributed by atoms with Crippen LogP contribution in [0.1, 0.15) is 57.7 Å². The van der Waals surface area contributed by atoms with Crippen LogP contribution in [0.5, 0.6) is 0 Å². The molecule has 2 N–H and O–H groups in total. The number of carbonyl (C=O) groups excluding carboxylic acids is 1. The van der Waals surface area contributed by atoms with Gasteiger partial charge in [0.1, 0.15) is 5.69 Å². The third kappa shape index (κ3) is 3.82. The molecule has 0 radical (unpaired) electrons. The summed E-state index contributed by atoms with van der Waals surface area (Å²) >= 11 is 0. The van der Waals surface area contributed by atoms with Gasteiger partial charge < -0.3 is 10.4 Å². The summed E-state index contributed by atoms with van der Waals surface area (Å²) in [4.78, 5) is 12.2. The Hall–Kier alpha value is -1.36. The first-order valence-electron chi connectivity index (χ1n) is 7.00. The number of nitrogens with zero attached hydrogens (tertiary/aromatic N) is 2. The number of nitrogens with one attached hydrogen (secondary N) is 1. The number of hydrogen-bond donors (Lipinski definition) is 2. The van der Waals surface area contributed by atoms with Crippen molar-refractivity contribution in [1.82, 2.24) is 15.1 Å². The van der Waals surface area contributed by atoms with E-state index in [2.05, 4.69) is 31.2 Å². The largest absolute Gasteiger partial charge is 0.388 e. The minimum atomic E-state index is -0.916. The van der Waals surface area contributed by atoms with E-state index in [-0.39, 0.29) is 23.8 Å². The molecule has 0 saturated heterocycles. The summed E-state index contributed by atoms with van der Waals surface area (Å²) in [6.07, 6.45) is 0. The summed E-state index contributed by atoms with van der Waals surface area (Å²) in [6, 6.07) is 1.80. The average molecular weight is 281 g/mol. The number of hydrogen-bond acceptors (Lipinski definition) is 3. The Labute approximate surface area is 121 Å². The number of aryl methyl sites for hydroxylation is 1. The van der Waals surface area contributed by atoms with Crippen molar-refractivity contribution in [3.05, 3.63) is 17.5 Å². The van der Waals surface area contributed by atoms with E-state index in [4.69, 9.17) is 0 Å². The number of aliphatic hydroxyl groups is 1. The number of carbonyl (C=O) groups is 1. The highest BCUT2D eigenvalue weighted by Gasteiger charge is 2.27. The van der Waals surface area contributed by atoms with Gasteiger partial charge in [0.15, 0.2) is 0 Å². The van der Waals surface area contributed by atoms with E-state index in [0.717, 1.165) is 5.69 Å². The van der Waals surface area contributed by atoms with E-state index in [0.29, 0.717) is 5.69 Å². The summed E-state index contributed by atoms with van der Waals surface area (Å²) in [5.74, 6) is -0.143. The van der Waals surface area contributed by atoms with E-state index in [9.17, 15) is 9.90 Å². The van der Waals surface area contributed by atoms with Crippen LogP contribution in [0.15, 0.2) is 6.07 Å². The Morgan fingerprint density at radius 2 is 1.95 bits per heavy atom. The molecule has 1 aromatic heterocycles. The highest BCUT2D eigenvalue weighted by Crippen LogP contribution is 2.21. The Morgan fingerprint density at radius 1 is 1.40 bits per heavy atom. The molecule has 0 spiro atoms. The smallest absolute Gasteiger partial charge is 0.269 e. The second-order valence-electron chi connectivity index (χ2n) is 6.98. The van der Waals surface area contributed by atoms with E-state index >= 15 is 0 Å². The van der Waals surface area contributed by atoms with Crippen molar-refractivity contribution < 1.29 is 9.90 Å². The first-order chi connectivity index (χ1) is 8.95. The van der Waals surface area contributed by atoms with Crippen molar-refractivity contribution in [3.63, 3.8) is 0 Å². The molecule has 5 nitrogen and oxygen atoms in total. The van der Waals surface area contributed by atoms with Crippen LogP contribution in [-0.4, -0.2) is 32.9 Å². The zero-order valence-corrected chi connectivity index (χ0v) is 13.6. The third-order valence-electron chi connectivity index (χ3n) is 3.73. The van der Waals surface area contributed by atoms with Gasteiger partial charge in [-0.15, -0.1) is 0 Å². The molecule has 0 aromatic carbocycles. The minimum absolute atomic E-state index is 0.0690. The first kappa shape index (κ1) is 16.7. The van der Waals surface area contributed by atoms with Crippen molar-refractivity contribution in [2.75, 3.05) is 6.54 Å². The molecule has 0 fully saturated rings. The van der Waals surface area contributed by atoms with Crippen LogP contribution in [0.4, 0.5) is 0 Å². The molecule has 0 aliphatic heterocycles. The lowest BCUT2D eigenvalue weighted by molar-refractivity contribution is 0.0141. The fraction of sp³-hybridized carbons (Fsp3) is 0.733. The van der Waals surface area contributed by atoms with E-state index in [1.807, 2.05) is 13.8 Å². The summed E-state index contributed by atoms with van der Waals surface area (Å²) in [5, 5.41) is 17.3. The van der Waals surface area contributed by atoms with Crippen LogP contribution in [0, 0.1) is 5.92 Å². The molecule has 0 bridgehead atoms. The van der Waals surface area contributed by atoms with Gasteiger partial charge in [-0.3, -0.25) is 9.48 Å². The molecule has 1 amide bonds. The molecule has 20 heavy (non-hydrogen) atoms. The van der Waals surface area contributed by atoms with Crippen molar-refractivity contribution in [3.8, 4) is 0 Å². The van der Waals surface area contributed by atoms with Gasteiger partial charge in [0.05, 0.1) is 11.3 Å². The number of aromatic nitrogens is 2. The maximum Gasteiger partial charge on any atom is 0.269 e. The van der Waals surface area contributed by atoms with Crippen LogP contribution < -0.4 is 5.32 Å². The second kappa shape index (κ2) is 5.56. The Balaban J connectivity index is 2.82. The standard InChI is InChI=1S/C15H27N3O2/c1-10(2)15(6,20)9-16-13(19)11-8-12(14(3,4)5)17-18(11)7/h8,10,20H,9H2,1-7H3,(H,16,19). The van der Waals surface area contributed by atoms with Gasteiger partial charge >= 0.3 is 0 Å². The van der Waals surface area contributed by atoms with Crippen molar-refractivity contribution >= 4 is 5.91 Å². The van der Waals surface area contributed by atoms with E-state index < -0.39 is 5.60 Å². The zero-order chi connectivity index (χ0) is 15.7. The molecule has 5 heteroatoms. The van der Waals surface area contributed by atoms with Gasteiger partial charge in [0.2, 0.25) is 0 Å². The minimum Gasteiger partial charge on any atom is -0.388 e. The lowest BCUT2D eigenvalue weighted by Gasteiger charge is -2.27. The van der Waals surface area contributed by atoms with Crippen LogP contribution in [0.3, 0.4) is 0 Å². The lowest BCUT2D eigenvalue weighted by atomic mass is 9.92. The third-order valence-corrected chi connectivity index (χ3v) is 3.73. The molecule has 1 heterocycles. The number of rotatable bonds is 4. The van der Waals surface area contributed by atoms with Crippen molar-refractivity contribution in [2.24, 2.45) is 13.0 Å². The zero-order valence-electron chi connectivity index (χ0n) is 13.6. The molecule has 114 valence electrons. The summed E-state index contributed by atoms with van der Waals surface area (Å²) in [6.45, 7) is 12.0. The first-order valence-corrected chi connectivity index (χ1v) is 7.00. The Morgan fingerprint density at radius 3 is 2.35 bits per heavy atom. The fourth-order valence-corrected chi connectivity index (χ4v) is 1.60. The summed E-state index contributed by atoms with van der Waals surface area (Å²) in [7, 11) is 1.75. The second-order valence-corrected chi connectivity index (χ2v) is 6.98. The highest BCUT2D eigenvalue weighted by molar-refractivity contribution is 5.92. The van der Waals surface area contributed by atoms with Crippen LogP contribution >= 0.6 is 0 Å². The Bertz CT molecular complexity index is 482. The molecule has 1 unspecified atom stereocenters. The van der Waals surface area contributed by atoms with Gasteiger partial charge in [-0.25, -0.2) is 0 Å². The van der Waals surface area contributed by atoms with Gasteiger partial charge in [0, 0.05) is 19.0 Å². The predicted octanol–water partition coefficient (Wildman–Crippen LogP) is 1.85. The van der Waals surface area contributed by atoms with Gasteiger partial charge in [-0.2, -0.15) is 5.10 Å². The maximum absolute atomic E-state index is 12.2. The topological polar surface area (TPSA) is 67.2 Å². The maximum atomic E-state index is 12.2. The van der Waals surface area contributed by atoms with E-state index in [1.54, 1.807) is 24.7 Å². The summed E-state index contributed by atoms with van der Waals surface area (Å²) < 4.78 is 1.58. The molecule has 0 aliphatic carbocycles. The quantitative estimate of drug-likeness (QED) is 0.885. The van der Waals surface area contributed by atoms with Crippen LogP contribution in [0.25, 0.3) is 0 Å². The highest BCUT2D eigenvalue weighted by atomic mass is 16.3. The molecule has 1 atom stereocenters. The monoisotopic (exact) mass is 281 g/mol. The fourth-order valence-electron chi connectivity index (χ4n) is 1.60. The van der Waals surface area contributed by atoms with E-state index in [1.165, 1.54) is 0 Å². The lowest BCUT2D eigenvalue weighted by Crippen LogP contribution is -2.44. The molecular formula is C15H27N3O2. The predicted molar refractivity (Wildman–Crippen MR) is 79.7 cm³/mol. The Kier molecular flexibility index (Phi) is 4.64. The molecule has 1 rings (SSSR count). The molecule has 0 aliphatic rings. The van der Waals surface area contributed by atoms with Gasteiger partial charge in [-0.1, -0.05) is 34.6 Å². The molecular weight excluding hydrogens is 254 g/mol. The van der Waals surface area contributed by atoms with Crippen LogP contribution in [0.2, 0.25) is 0 Å². The van der Waals surface area contributed by atoms with Crippen molar-refractivity contribution in [2.45, 2.75) is 52.6 Å². The normalized spacial score (nSPS) is 15.2. The molecule has 0 saturated carbocycles. The van der Waals surface area contributed by atoms with Gasteiger partial charge in [-0.05, 0) is 18.9 Å². The summed E-state index contributed by atoms with van der Waals surface area (Å²) in [5.41, 5.74) is 0.371. The average Bonchev–Trinajstić information content (AvgIpc) is 2.68. The number of amides is 1. The molecule has 1 aromatic rings. The SMILES string of the molecule is CC(C)C(C)(O)CNC(=O)c1cc(C(C)(C)C)nn1C. The van der Waals surface area contributed by atoms with Crippen LogP contribution in [-0.2, 0) is 12.5 Å².